The summed E-state index contributed by atoms with van der Waals surface area (Å²) in [6.07, 6.45) is 8.06. The van der Waals surface area contributed by atoms with Crippen LogP contribution in [0.5, 0.6) is 0 Å². The fourth-order valence-electron chi connectivity index (χ4n) is 7.94. The molecule has 1 N–H and O–H groups in total. The summed E-state index contributed by atoms with van der Waals surface area (Å²) in [5.41, 5.74) is 14.5. The van der Waals surface area contributed by atoms with E-state index in [0.29, 0.717) is 0 Å². The number of benzene rings is 7. The standard InChI is InChI=1S/C53H38N2O2/c1-3-4-17-44-34(2)56-51-26-24-39(31-46(44)51)41-28-42(40-25-27-52-47(32-40)45-18-11-12-19-50(45)57-52)30-43(29-41)49-33-48(54-53(55-49)38-15-9-6-10-16-38)37-22-20-36(21-23-37)35-13-7-5-8-14-35/h3-33,48H,1H2,2H3,(H,54,55)/b17-4-. The lowest BCUT2D eigenvalue weighted by molar-refractivity contribution is 0.577. The van der Waals surface area contributed by atoms with E-state index in [4.69, 9.17) is 13.8 Å². The van der Waals surface area contributed by atoms with Crippen molar-refractivity contribution in [2.24, 2.45) is 4.99 Å². The van der Waals surface area contributed by atoms with Crippen molar-refractivity contribution in [1.82, 2.24) is 5.32 Å². The molecule has 272 valence electrons. The summed E-state index contributed by atoms with van der Waals surface area (Å²) < 4.78 is 12.4. The highest BCUT2D eigenvalue weighted by Gasteiger charge is 2.22. The molecule has 0 spiro atoms. The third-order valence-corrected chi connectivity index (χ3v) is 10.9. The van der Waals surface area contributed by atoms with Crippen molar-refractivity contribution >= 4 is 50.5 Å². The number of para-hydroxylation sites is 1. The average molecular weight is 735 g/mol. The molecule has 1 unspecified atom stereocenters. The molecule has 57 heavy (non-hydrogen) atoms. The molecule has 7 aromatic carbocycles. The lowest BCUT2D eigenvalue weighted by Gasteiger charge is -2.25. The summed E-state index contributed by atoms with van der Waals surface area (Å²) >= 11 is 0. The first-order valence-electron chi connectivity index (χ1n) is 19.3. The fourth-order valence-corrected chi connectivity index (χ4v) is 7.94. The van der Waals surface area contributed by atoms with Crippen LogP contribution in [0.1, 0.15) is 34.1 Å². The van der Waals surface area contributed by atoms with E-state index in [1.165, 1.54) is 11.1 Å². The van der Waals surface area contributed by atoms with Crippen molar-refractivity contribution in [3.8, 4) is 33.4 Å². The zero-order chi connectivity index (χ0) is 38.3. The van der Waals surface area contributed by atoms with Gasteiger partial charge < -0.3 is 14.2 Å². The molecule has 2 aromatic heterocycles. The molecule has 0 saturated heterocycles. The number of hydrogen-bond donors (Lipinski definition) is 1. The molecular formula is C53H38N2O2. The third kappa shape index (κ3) is 6.47. The Bertz CT molecular complexity index is 3050. The molecule has 0 fully saturated rings. The van der Waals surface area contributed by atoms with Crippen LogP contribution in [0.25, 0.3) is 78.1 Å². The minimum absolute atomic E-state index is 0.109. The molecule has 1 aliphatic rings. The van der Waals surface area contributed by atoms with Crippen LogP contribution < -0.4 is 5.32 Å². The monoisotopic (exact) mass is 734 g/mol. The first-order chi connectivity index (χ1) is 28.1. The summed E-state index contributed by atoms with van der Waals surface area (Å²) in [4.78, 5) is 5.33. The number of hydrogen-bond acceptors (Lipinski definition) is 4. The van der Waals surface area contributed by atoms with Gasteiger partial charge in [-0.1, -0.05) is 140 Å². The van der Waals surface area contributed by atoms with Crippen molar-refractivity contribution in [2.75, 3.05) is 0 Å². The van der Waals surface area contributed by atoms with Crippen LogP contribution in [-0.2, 0) is 0 Å². The highest BCUT2D eigenvalue weighted by molar-refractivity contribution is 6.07. The van der Waals surface area contributed by atoms with E-state index in [1.807, 2.05) is 31.2 Å². The van der Waals surface area contributed by atoms with Gasteiger partial charge in [-0.2, -0.15) is 0 Å². The molecule has 1 aliphatic heterocycles. The predicted molar refractivity (Wildman–Crippen MR) is 237 cm³/mol. The Morgan fingerprint density at radius 3 is 1.82 bits per heavy atom. The highest BCUT2D eigenvalue weighted by Crippen LogP contribution is 2.39. The highest BCUT2D eigenvalue weighted by atomic mass is 16.3. The van der Waals surface area contributed by atoms with Crippen LogP contribution >= 0.6 is 0 Å². The van der Waals surface area contributed by atoms with Gasteiger partial charge in [0.2, 0.25) is 0 Å². The van der Waals surface area contributed by atoms with E-state index in [1.54, 1.807) is 6.08 Å². The van der Waals surface area contributed by atoms with Gasteiger partial charge in [0.25, 0.3) is 0 Å². The van der Waals surface area contributed by atoms with E-state index in [-0.39, 0.29) is 6.04 Å². The largest absolute Gasteiger partial charge is 0.461 e. The second kappa shape index (κ2) is 14.3. The van der Waals surface area contributed by atoms with Crippen LogP contribution in [-0.4, -0.2) is 5.84 Å². The minimum Gasteiger partial charge on any atom is -0.461 e. The number of amidine groups is 1. The topological polar surface area (TPSA) is 50.7 Å². The number of nitrogens with one attached hydrogen (secondary N) is 1. The third-order valence-electron chi connectivity index (χ3n) is 10.9. The molecule has 4 nitrogen and oxygen atoms in total. The molecule has 0 amide bonds. The summed E-state index contributed by atoms with van der Waals surface area (Å²) in [7, 11) is 0. The Morgan fingerprint density at radius 1 is 0.526 bits per heavy atom. The number of allylic oxidation sites excluding steroid dienone is 2. The van der Waals surface area contributed by atoms with E-state index in [0.717, 1.165) is 94.7 Å². The smallest absolute Gasteiger partial charge is 0.135 e. The van der Waals surface area contributed by atoms with Crippen molar-refractivity contribution in [3.63, 3.8) is 0 Å². The molecule has 4 heteroatoms. The van der Waals surface area contributed by atoms with E-state index >= 15 is 0 Å². The number of furan rings is 2. The van der Waals surface area contributed by atoms with E-state index in [9.17, 15) is 0 Å². The predicted octanol–water partition coefficient (Wildman–Crippen LogP) is 14.0. The van der Waals surface area contributed by atoms with Gasteiger partial charge in [-0.15, -0.1) is 0 Å². The van der Waals surface area contributed by atoms with Gasteiger partial charge in [0.05, 0.1) is 11.7 Å². The van der Waals surface area contributed by atoms with Crippen LogP contribution in [0.3, 0.4) is 0 Å². The van der Waals surface area contributed by atoms with Crippen LogP contribution in [0.4, 0.5) is 0 Å². The Kier molecular flexibility index (Phi) is 8.57. The maximum absolute atomic E-state index is 6.22. The SMILES string of the molecule is C=C/C=C\c1c(C)oc2ccc(-c3cc(C4=CC(c5ccc(-c6ccccc6)cc5)NC(c5ccccc5)=N4)cc(-c4ccc5oc6ccccc6c5c4)c3)cc12. The molecule has 3 heterocycles. The maximum atomic E-state index is 6.22. The van der Waals surface area contributed by atoms with Gasteiger partial charge in [-0.05, 0) is 100 Å². The second-order valence-corrected chi connectivity index (χ2v) is 14.5. The van der Waals surface area contributed by atoms with Crippen LogP contribution in [0.15, 0.2) is 202 Å². The van der Waals surface area contributed by atoms with Gasteiger partial charge in [0.1, 0.15) is 28.3 Å². The molecule has 0 radical (unpaired) electrons. The number of aliphatic imine (C=N–C) groups is 1. The van der Waals surface area contributed by atoms with Crippen LogP contribution in [0, 0.1) is 6.92 Å². The zero-order valence-corrected chi connectivity index (χ0v) is 31.4. The van der Waals surface area contributed by atoms with Crippen molar-refractivity contribution in [3.05, 3.63) is 217 Å². The Hall–Kier alpha value is -7.43. The average Bonchev–Trinajstić information content (AvgIpc) is 3.81. The molecular weight excluding hydrogens is 697 g/mol. The van der Waals surface area contributed by atoms with E-state index in [2.05, 4.69) is 170 Å². The minimum atomic E-state index is -0.109. The van der Waals surface area contributed by atoms with Gasteiger partial charge >= 0.3 is 0 Å². The number of nitrogens with zero attached hydrogens (tertiary/aromatic N) is 1. The molecule has 10 rings (SSSR count). The molecule has 9 aromatic rings. The molecule has 0 saturated carbocycles. The zero-order valence-electron chi connectivity index (χ0n) is 31.4. The van der Waals surface area contributed by atoms with E-state index < -0.39 is 0 Å². The van der Waals surface area contributed by atoms with Gasteiger partial charge in [-0.25, -0.2) is 4.99 Å². The molecule has 0 aliphatic carbocycles. The molecule has 0 bridgehead atoms. The normalized spacial score (nSPS) is 14.2. The summed E-state index contributed by atoms with van der Waals surface area (Å²) in [6, 6.07) is 57.6. The Morgan fingerprint density at radius 2 is 1.11 bits per heavy atom. The number of aryl methyl sites for hydroxylation is 1. The van der Waals surface area contributed by atoms with Crippen LogP contribution in [0.2, 0.25) is 0 Å². The quantitative estimate of drug-likeness (QED) is 0.158. The van der Waals surface area contributed by atoms with Gasteiger partial charge in [-0.3, -0.25) is 0 Å². The first-order valence-corrected chi connectivity index (χ1v) is 19.3. The first kappa shape index (κ1) is 34.1. The number of rotatable bonds is 8. The van der Waals surface area contributed by atoms with Crippen molar-refractivity contribution < 1.29 is 8.83 Å². The Labute approximate surface area is 331 Å². The molecule has 1 atom stereocenters. The summed E-state index contributed by atoms with van der Waals surface area (Å²) in [5.74, 6) is 1.71. The lowest BCUT2D eigenvalue weighted by atomic mass is 9.92. The Balaban J connectivity index is 1.15. The van der Waals surface area contributed by atoms with Crippen molar-refractivity contribution in [1.29, 1.82) is 0 Å². The summed E-state index contributed by atoms with van der Waals surface area (Å²) in [5, 5.41) is 7.01. The van der Waals surface area contributed by atoms with Gasteiger partial charge in [0.15, 0.2) is 0 Å². The number of fused-ring (bicyclic) bond motifs is 4. The van der Waals surface area contributed by atoms with Gasteiger partial charge in [0, 0.05) is 32.8 Å². The fraction of sp³-hybridized carbons (Fsp3) is 0.0377. The summed E-state index contributed by atoms with van der Waals surface area (Å²) in [6.45, 7) is 5.89. The second-order valence-electron chi connectivity index (χ2n) is 14.5. The maximum Gasteiger partial charge on any atom is 0.135 e. The van der Waals surface area contributed by atoms with Crippen molar-refractivity contribution in [2.45, 2.75) is 13.0 Å². The lowest BCUT2D eigenvalue weighted by Crippen LogP contribution is -2.31.